The summed E-state index contributed by atoms with van der Waals surface area (Å²) in [6.07, 6.45) is 0.0416. The topological polar surface area (TPSA) is 37.3 Å². The van der Waals surface area contributed by atoms with Gasteiger partial charge in [-0.1, -0.05) is 12.1 Å². The fourth-order valence-electron chi connectivity index (χ4n) is 1.16. The molecule has 3 heteroatoms. The molecule has 0 unspecified atom stereocenters. The van der Waals surface area contributed by atoms with Crippen LogP contribution < -0.4 is 0 Å². The molecular weight excluding hydrogens is 184 g/mol. The number of thiol groups is 1. The van der Waals surface area contributed by atoms with Crippen LogP contribution in [0.3, 0.4) is 0 Å². The minimum absolute atomic E-state index is 0.0416. The Morgan fingerprint density at radius 3 is 2.62 bits per heavy atom. The summed E-state index contributed by atoms with van der Waals surface area (Å²) in [5.74, 6) is -0.821. The molecule has 0 spiro atoms. The van der Waals surface area contributed by atoms with Gasteiger partial charge in [0, 0.05) is 4.90 Å². The van der Waals surface area contributed by atoms with Gasteiger partial charge in [0.05, 0.1) is 6.42 Å². The van der Waals surface area contributed by atoms with Gasteiger partial charge in [-0.05, 0) is 30.5 Å². The standard InChI is InChI=1S/C10H12O2S/c1-6-3-4-8(5-9(11)12)10(13)7(6)2/h3-4,13H,5H2,1-2H3,(H,11,12). The number of hydrogen-bond acceptors (Lipinski definition) is 2. The molecule has 0 aliphatic carbocycles. The van der Waals surface area contributed by atoms with Crippen molar-refractivity contribution in [1.82, 2.24) is 0 Å². The van der Waals surface area contributed by atoms with Gasteiger partial charge in [0.2, 0.25) is 0 Å². The van der Waals surface area contributed by atoms with Crippen molar-refractivity contribution in [2.45, 2.75) is 25.2 Å². The Labute approximate surface area is 83.0 Å². The van der Waals surface area contributed by atoms with Crippen LogP contribution >= 0.6 is 12.6 Å². The molecule has 0 aromatic heterocycles. The van der Waals surface area contributed by atoms with Crippen LogP contribution in [0.4, 0.5) is 0 Å². The second kappa shape index (κ2) is 3.83. The van der Waals surface area contributed by atoms with Crippen molar-refractivity contribution in [3.05, 3.63) is 28.8 Å². The molecule has 1 N–H and O–H groups in total. The van der Waals surface area contributed by atoms with E-state index in [1.807, 2.05) is 26.0 Å². The smallest absolute Gasteiger partial charge is 0.307 e. The van der Waals surface area contributed by atoms with Crippen molar-refractivity contribution in [3.63, 3.8) is 0 Å². The minimum atomic E-state index is -0.821. The second-order valence-electron chi connectivity index (χ2n) is 3.09. The molecule has 0 atom stereocenters. The fraction of sp³-hybridized carbons (Fsp3) is 0.300. The third-order valence-corrected chi connectivity index (χ3v) is 2.75. The number of carboxylic acids is 1. The van der Waals surface area contributed by atoms with Crippen LogP contribution in [0.15, 0.2) is 17.0 Å². The molecule has 2 nitrogen and oxygen atoms in total. The molecule has 13 heavy (non-hydrogen) atoms. The van der Waals surface area contributed by atoms with Crippen LogP contribution in [0, 0.1) is 13.8 Å². The average Bonchev–Trinajstić information content (AvgIpc) is 2.06. The highest BCUT2D eigenvalue weighted by molar-refractivity contribution is 7.80. The first kappa shape index (κ1) is 10.1. The van der Waals surface area contributed by atoms with Crippen LogP contribution in [0.5, 0.6) is 0 Å². The second-order valence-corrected chi connectivity index (χ2v) is 3.53. The highest BCUT2D eigenvalue weighted by Gasteiger charge is 2.07. The Bertz CT molecular complexity index is 345. The van der Waals surface area contributed by atoms with Gasteiger partial charge in [0.15, 0.2) is 0 Å². The number of carbonyl (C=O) groups is 1. The summed E-state index contributed by atoms with van der Waals surface area (Å²) < 4.78 is 0. The van der Waals surface area contributed by atoms with E-state index < -0.39 is 5.97 Å². The molecule has 0 saturated heterocycles. The minimum Gasteiger partial charge on any atom is -0.481 e. The van der Waals surface area contributed by atoms with Crippen LogP contribution in [-0.4, -0.2) is 11.1 Å². The quantitative estimate of drug-likeness (QED) is 0.712. The third-order valence-electron chi connectivity index (χ3n) is 2.13. The van der Waals surface area contributed by atoms with Crippen LogP contribution in [-0.2, 0) is 11.2 Å². The molecule has 0 aliphatic heterocycles. The molecule has 0 aliphatic rings. The number of aryl methyl sites for hydroxylation is 1. The van der Waals surface area contributed by atoms with Crippen molar-refractivity contribution in [1.29, 1.82) is 0 Å². The molecule has 0 radical (unpaired) electrons. The molecule has 0 fully saturated rings. The first-order valence-corrected chi connectivity index (χ1v) is 4.47. The summed E-state index contributed by atoms with van der Waals surface area (Å²) in [5.41, 5.74) is 2.97. The average molecular weight is 196 g/mol. The zero-order chi connectivity index (χ0) is 10.0. The largest absolute Gasteiger partial charge is 0.481 e. The number of benzene rings is 1. The number of aliphatic carboxylic acids is 1. The van der Waals surface area contributed by atoms with Gasteiger partial charge in [0.1, 0.15) is 0 Å². The SMILES string of the molecule is Cc1ccc(CC(=O)O)c(S)c1C. The maximum Gasteiger partial charge on any atom is 0.307 e. The van der Waals surface area contributed by atoms with Gasteiger partial charge in [-0.2, -0.15) is 0 Å². The summed E-state index contributed by atoms with van der Waals surface area (Å²) in [4.78, 5) is 11.3. The van der Waals surface area contributed by atoms with E-state index in [-0.39, 0.29) is 6.42 Å². The Kier molecular flexibility index (Phi) is 2.98. The van der Waals surface area contributed by atoms with Crippen molar-refractivity contribution >= 4 is 18.6 Å². The zero-order valence-corrected chi connectivity index (χ0v) is 8.56. The summed E-state index contributed by atoms with van der Waals surface area (Å²) in [7, 11) is 0. The van der Waals surface area contributed by atoms with Crippen molar-refractivity contribution in [2.24, 2.45) is 0 Å². The maximum atomic E-state index is 10.5. The van der Waals surface area contributed by atoms with E-state index in [0.29, 0.717) is 0 Å². The molecule has 1 aromatic carbocycles. The summed E-state index contributed by atoms with van der Waals surface area (Å²) in [5, 5.41) is 8.62. The lowest BCUT2D eigenvalue weighted by Gasteiger charge is -2.08. The number of rotatable bonds is 2. The van der Waals surface area contributed by atoms with E-state index in [4.69, 9.17) is 5.11 Å². The van der Waals surface area contributed by atoms with Crippen LogP contribution in [0.25, 0.3) is 0 Å². The lowest BCUT2D eigenvalue weighted by Crippen LogP contribution is -2.02. The molecule has 0 amide bonds. The van der Waals surface area contributed by atoms with Crippen molar-refractivity contribution < 1.29 is 9.90 Å². The van der Waals surface area contributed by atoms with Gasteiger partial charge in [-0.15, -0.1) is 12.6 Å². The van der Waals surface area contributed by atoms with Crippen LogP contribution in [0.2, 0.25) is 0 Å². The van der Waals surface area contributed by atoms with Gasteiger partial charge in [0.25, 0.3) is 0 Å². The monoisotopic (exact) mass is 196 g/mol. The zero-order valence-electron chi connectivity index (χ0n) is 7.66. The number of carboxylic acid groups (broad SMARTS) is 1. The van der Waals surface area contributed by atoms with Crippen molar-refractivity contribution in [2.75, 3.05) is 0 Å². The Hall–Kier alpha value is -0.960. The lowest BCUT2D eigenvalue weighted by atomic mass is 10.0. The molecular formula is C10H12O2S. The highest BCUT2D eigenvalue weighted by atomic mass is 32.1. The van der Waals surface area contributed by atoms with E-state index in [9.17, 15) is 4.79 Å². The summed E-state index contributed by atoms with van der Waals surface area (Å²) in [6.45, 7) is 3.93. The Balaban J connectivity index is 3.10. The summed E-state index contributed by atoms with van der Waals surface area (Å²) >= 11 is 4.29. The molecule has 0 bridgehead atoms. The Morgan fingerprint density at radius 2 is 2.08 bits per heavy atom. The molecule has 1 aromatic rings. The van der Waals surface area contributed by atoms with E-state index in [1.54, 1.807) is 0 Å². The predicted octanol–water partition coefficient (Wildman–Crippen LogP) is 2.22. The van der Waals surface area contributed by atoms with Crippen LogP contribution in [0.1, 0.15) is 16.7 Å². The first-order chi connectivity index (χ1) is 6.02. The fourth-order valence-corrected chi connectivity index (χ4v) is 1.49. The molecule has 1 rings (SSSR count). The van der Waals surface area contributed by atoms with E-state index in [1.165, 1.54) is 0 Å². The molecule has 0 heterocycles. The van der Waals surface area contributed by atoms with E-state index >= 15 is 0 Å². The molecule has 0 saturated carbocycles. The van der Waals surface area contributed by atoms with E-state index in [0.717, 1.165) is 21.6 Å². The van der Waals surface area contributed by atoms with Gasteiger partial charge in [-0.25, -0.2) is 0 Å². The Morgan fingerprint density at radius 1 is 1.46 bits per heavy atom. The normalized spacial score (nSPS) is 10.1. The molecule has 70 valence electrons. The first-order valence-electron chi connectivity index (χ1n) is 4.02. The van der Waals surface area contributed by atoms with Gasteiger partial charge >= 0.3 is 5.97 Å². The van der Waals surface area contributed by atoms with Gasteiger partial charge < -0.3 is 5.11 Å². The number of hydrogen-bond donors (Lipinski definition) is 2. The third kappa shape index (κ3) is 2.25. The predicted molar refractivity (Wildman–Crippen MR) is 54.5 cm³/mol. The highest BCUT2D eigenvalue weighted by Crippen LogP contribution is 2.22. The summed E-state index contributed by atoms with van der Waals surface area (Å²) in [6, 6.07) is 3.74. The lowest BCUT2D eigenvalue weighted by molar-refractivity contribution is -0.136. The van der Waals surface area contributed by atoms with Gasteiger partial charge in [-0.3, -0.25) is 4.79 Å². The maximum absolute atomic E-state index is 10.5. The van der Waals surface area contributed by atoms with E-state index in [2.05, 4.69) is 12.6 Å². The van der Waals surface area contributed by atoms with Crippen molar-refractivity contribution in [3.8, 4) is 0 Å².